The molecule has 0 saturated heterocycles. The van der Waals surface area contributed by atoms with Crippen LogP contribution in [0.1, 0.15) is 76.3 Å². The highest BCUT2D eigenvalue weighted by molar-refractivity contribution is 7.14. The highest BCUT2D eigenvalue weighted by atomic mass is 32.1. The molecule has 0 aliphatic rings. The van der Waals surface area contributed by atoms with Crippen LogP contribution in [0.4, 0.5) is 11.4 Å². The van der Waals surface area contributed by atoms with Crippen LogP contribution in [-0.2, 0) is 12.8 Å². The maximum atomic E-state index is 6.67. The Bertz CT molecular complexity index is 1100. The van der Waals surface area contributed by atoms with Gasteiger partial charge in [-0.3, -0.25) is 0 Å². The summed E-state index contributed by atoms with van der Waals surface area (Å²) in [6, 6.07) is 4.53. The Labute approximate surface area is 209 Å². The van der Waals surface area contributed by atoms with E-state index >= 15 is 0 Å². The number of benzene rings is 1. The Balaban J connectivity index is 1.63. The molecule has 0 spiro atoms. The molecule has 0 aliphatic heterocycles. The molecule has 0 bridgehead atoms. The fourth-order valence-corrected chi connectivity index (χ4v) is 6.90. The average Bonchev–Trinajstić information content (AvgIpc) is 3.57. The number of thiophene rings is 2. The van der Waals surface area contributed by atoms with E-state index in [0.29, 0.717) is 11.4 Å². The number of anilines is 2. The summed E-state index contributed by atoms with van der Waals surface area (Å²) in [5.41, 5.74) is 21.0. The number of hydrogen-bond donors (Lipinski definition) is 2. The van der Waals surface area contributed by atoms with Crippen molar-refractivity contribution >= 4 is 56.8 Å². The summed E-state index contributed by atoms with van der Waals surface area (Å²) >= 11 is 4.70. The van der Waals surface area contributed by atoms with Crippen molar-refractivity contribution in [2.24, 2.45) is 0 Å². The predicted octanol–water partition coefficient (Wildman–Crippen LogP) is 8.56. The van der Waals surface area contributed by atoms with Crippen LogP contribution < -0.4 is 11.5 Å². The Hall–Kier alpha value is -1.96. The van der Waals surface area contributed by atoms with Crippen molar-refractivity contribution in [3.8, 4) is 20.9 Å². The van der Waals surface area contributed by atoms with E-state index in [0.717, 1.165) is 44.8 Å². The number of aromatic nitrogens is 2. The van der Waals surface area contributed by atoms with Crippen molar-refractivity contribution in [2.75, 3.05) is 11.5 Å². The number of rotatable bonds is 12. The summed E-state index contributed by atoms with van der Waals surface area (Å²) in [5.74, 6) is 0. The molecule has 4 aromatic rings. The molecule has 3 aromatic heterocycles. The van der Waals surface area contributed by atoms with Crippen molar-refractivity contribution in [2.45, 2.75) is 78.1 Å². The lowest BCUT2D eigenvalue weighted by atomic mass is 9.99. The van der Waals surface area contributed by atoms with Gasteiger partial charge in [0, 0.05) is 20.9 Å². The van der Waals surface area contributed by atoms with Gasteiger partial charge in [-0.25, -0.2) is 0 Å². The van der Waals surface area contributed by atoms with Crippen LogP contribution in [-0.4, -0.2) is 8.75 Å². The molecule has 4 nitrogen and oxygen atoms in total. The van der Waals surface area contributed by atoms with Gasteiger partial charge in [0.1, 0.15) is 11.0 Å². The highest BCUT2D eigenvalue weighted by Crippen LogP contribution is 2.47. The summed E-state index contributed by atoms with van der Waals surface area (Å²) in [4.78, 5) is 2.27. The van der Waals surface area contributed by atoms with Gasteiger partial charge in [-0.15, -0.1) is 22.7 Å². The summed E-state index contributed by atoms with van der Waals surface area (Å²) in [6.45, 7) is 4.49. The van der Waals surface area contributed by atoms with Crippen molar-refractivity contribution in [3.63, 3.8) is 0 Å². The third kappa shape index (κ3) is 5.42. The van der Waals surface area contributed by atoms with E-state index in [2.05, 4.69) is 45.5 Å². The van der Waals surface area contributed by atoms with Gasteiger partial charge >= 0.3 is 0 Å². The van der Waals surface area contributed by atoms with Gasteiger partial charge in [0.05, 0.1) is 23.1 Å². The number of fused-ring (bicyclic) bond motifs is 1. The number of aryl methyl sites for hydroxylation is 2. The van der Waals surface area contributed by atoms with Crippen LogP contribution in [0.15, 0.2) is 22.9 Å². The van der Waals surface area contributed by atoms with Gasteiger partial charge in [0.2, 0.25) is 0 Å². The van der Waals surface area contributed by atoms with Crippen LogP contribution in [0.25, 0.3) is 31.9 Å². The Morgan fingerprint density at radius 3 is 1.55 bits per heavy atom. The SMILES string of the molecule is CCCCCCc1csc(-c2c(N)c(N)c(-c3cc(CCCCCC)cs3)c3nsnc23)c1. The summed E-state index contributed by atoms with van der Waals surface area (Å²) in [5, 5.41) is 4.50. The molecule has 0 radical (unpaired) electrons. The normalized spacial score (nSPS) is 11.6. The number of unbranched alkanes of at least 4 members (excludes halogenated alkanes) is 6. The zero-order valence-electron chi connectivity index (χ0n) is 19.7. The third-order valence-corrected chi connectivity index (χ3v) is 8.75. The van der Waals surface area contributed by atoms with Crippen LogP contribution in [0.2, 0.25) is 0 Å². The smallest absolute Gasteiger partial charge is 0.116 e. The first-order valence-corrected chi connectivity index (χ1v) is 14.6. The molecule has 4 N–H and O–H groups in total. The topological polar surface area (TPSA) is 77.8 Å². The van der Waals surface area contributed by atoms with E-state index in [9.17, 15) is 0 Å². The molecule has 1 aromatic carbocycles. The molecule has 0 aliphatic carbocycles. The maximum Gasteiger partial charge on any atom is 0.116 e. The largest absolute Gasteiger partial charge is 0.396 e. The van der Waals surface area contributed by atoms with Gasteiger partial charge in [-0.05, 0) is 59.7 Å². The van der Waals surface area contributed by atoms with Gasteiger partial charge in [-0.2, -0.15) is 8.75 Å². The van der Waals surface area contributed by atoms with E-state index in [-0.39, 0.29) is 0 Å². The van der Waals surface area contributed by atoms with Crippen LogP contribution >= 0.6 is 34.4 Å². The molecule has 0 amide bonds. The van der Waals surface area contributed by atoms with Crippen LogP contribution in [0.3, 0.4) is 0 Å². The molecule has 7 heteroatoms. The molecule has 0 fully saturated rings. The van der Waals surface area contributed by atoms with E-state index in [1.54, 1.807) is 22.7 Å². The molecular weight excluding hydrogens is 465 g/mol. The number of nitrogens with zero attached hydrogens (tertiary/aromatic N) is 2. The summed E-state index contributed by atoms with van der Waals surface area (Å²) in [6.07, 6.45) is 12.4. The third-order valence-electron chi connectivity index (χ3n) is 6.23. The van der Waals surface area contributed by atoms with E-state index in [1.165, 1.54) is 74.2 Å². The Morgan fingerprint density at radius 1 is 0.667 bits per heavy atom. The van der Waals surface area contributed by atoms with Gasteiger partial charge in [0.25, 0.3) is 0 Å². The van der Waals surface area contributed by atoms with E-state index in [1.807, 2.05) is 0 Å². The lowest BCUT2D eigenvalue weighted by Crippen LogP contribution is -2.01. The molecule has 0 atom stereocenters. The fraction of sp³-hybridized carbons (Fsp3) is 0.462. The molecule has 0 unspecified atom stereocenters. The molecule has 0 saturated carbocycles. The first-order valence-electron chi connectivity index (χ1n) is 12.1. The van der Waals surface area contributed by atoms with E-state index < -0.39 is 0 Å². The number of nitrogen functional groups attached to an aromatic ring is 2. The molecule has 33 heavy (non-hydrogen) atoms. The Kier molecular flexibility index (Phi) is 8.39. The lowest BCUT2D eigenvalue weighted by molar-refractivity contribution is 0.667. The minimum atomic E-state index is 0.627. The van der Waals surface area contributed by atoms with Crippen molar-refractivity contribution < 1.29 is 0 Å². The molecular formula is C26H34N4S3. The maximum absolute atomic E-state index is 6.67. The average molecular weight is 499 g/mol. The predicted molar refractivity (Wildman–Crippen MR) is 149 cm³/mol. The first kappa shape index (κ1) is 24.2. The highest BCUT2D eigenvalue weighted by Gasteiger charge is 2.23. The van der Waals surface area contributed by atoms with Gasteiger partial charge in [-0.1, -0.05) is 52.4 Å². The second-order valence-corrected chi connectivity index (χ2v) is 11.1. The second kappa shape index (κ2) is 11.4. The molecule has 176 valence electrons. The van der Waals surface area contributed by atoms with Crippen LogP contribution in [0.5, 0.6) is 0 Å². The van der Waals surface area contributed by atoms with Crippen molar-refractivity contribution in [1.29, 1.82) is 0 Å². The zero-order valence-corrected chi connectivity index (χ0v) is 22.1. The van der Waals surface area contributed by atoms with Crippen molar-refractivity contribution in [1.82, 2.24) is 8.75 Å². The monoisotopic (exact) mass is 498 g/mol. The fourth-order valence-electron chi connectivity index (χ4n) is 4.33. The minimum Gasteiger partial charge on any atom is -0.396 e. The minimum absolute atomic E-state index is 0.627. The molecule has 3 heterocycles. The quantitative estimate of drug-likeness (QED) is 0.151. The lowest BCUT2D eigenvalue weighted by Gasteiger charge is -2.12. The van der Waals surface area contributed by atoms with Crippen LogP contribution in [0, 0.1) is 0 Å². The first-order chi connectivity index (χ1) is 16.1. The second-order valence-electron chi connectivity index (χ2n) is 8.80. The van der Waals surface area contributed by atoms with Gasteiger partial charge < -0.3 is 11.5 Å². The Morgan fingerprint density at radius 2 is 1.12 bits per heavy atom. The van der Waals surface area contributed by atoms with Gasteiger partial charge in [0.15, 0.2) is 0 Å². The standard InChI is InChI=1S/C26H34N4S3/c1-3-5-7-9-11-17-13-19(31-15-17)21-23(27)24(28)22(26-25(21)29-33-30-26)20-14-18(16-32-20)12-10-8-6-4-2/h13-16H,3-12,27-28H2,1-2H3. The summed E-state index contributed by atoms with van der Waals surface area (Å²) < 4.78 is 9.32. The zero-order chi connectivity index (χ0) is 23.2. The number of hydrogen-bond acceptors (Lipinski definition) is 7. The molecule has 4 rings (SSSR count). The van der Waals surface area contributed by atoms with E-state index in [4.69, 9.17) is 11.5 Å². The summed E-state index contributed by atoms with van der Waals surface area (Å²) in [7, 11) is 0. The number of nitrogens with two attached hydrogens (primary N) is 2. The van der Waals surface area contributed by atoms with Crippen molar-refractivity contribution in [3.05, 3.63) is 34.0 Å².